The van der Waals surface area contributed by atoms with Crippen LogP contribution in [0, 0.1) is 0 Å². The van der Waals surface area contributed by atoms with Gasteiger partial charge < -0.3 is 14.4 Å². The standard InChI is InChI=1S/C15H23N3O4S/c1-3-21-7-4-12-10-14(23(16,19)20)11-17-15(12)18(2)13-5-8-22-9-6-13/h4,7,10-11,13H,3,5-6,8-9H2,1-2H3,(H2,16,19,20)/b7-4+. The van der Waals surface area contributed by atoms with Crippen LogP contribution in [-0.2, 0) is 19.5 Å². The number of pyridine rings is 1. The molecule has 1 aliphatic heterocycles. The maximum absolute atomic E-state index is 11.6. The Balaban J connectivity index is 2.36. The molecule has 0 unspecified atom stereocenters. The van der Waals surface area contributed by atoms with Crippen molar-refractivity contribution in [2.75, 3.05) is 31.8 Å². The number of hydrogen-bond acceptors (Lipinski definition) is 6. The van der Waals surface area contributed by atoms with Crippen molar-refractivity contribution in [1.82, 2.24) is 4.98 Å². The topological polar surface area (TPSA) is 94.8 Å². The lowest BCUT2D eigenvalue weighted by molar-refractivity contribution is 0.0853. The molecule has 0 aliphatic carbocycles. The van der Waals surface area contributed by atoms with Gasteiger partial charge in [0.15, 0.2) is 0 Å². The molecule has 7 nitrogen and oxygen atoms in total. The molecule has 0 aromatic carbocycles. The van der Waals surface area contributed by atoms with Crippen LogP contribution in [0.15, 0.2) is 23.4 Å². The number of ether oxygens (including phenoxy) is 2. The van der Waals surface area contributed by atoms with Crippen LogP contribution >= 0.6 is 0 Å². The first-order valence-electron chi connectivity index (χ1n) is 7.55. The van der Waals surface area contributed by atoms with Crippen molar-refractivity contribution in [1.29, 1.82) is 0 Å². The van der Waals surface area contributed by atoms with Crippen molar-refractivity contribution in [3.05, 3.63) is 24.1 Å². The molecule has 2 rings (SSSR count). The van der Waals surface area contributed by atoms with Gasteiger partial charge in [0.2, 0.25) is 10.0 Å². The van der Waals surface area contributed by atoms with E-state index >= 15 is 0 Å². The van der Waals surface area contributed by atoms with Crippen molar-refractivity contribution < 1.29 is 17.9 Å². The molecule has 0 spiro atoms. The third-order valence-electron chi connectivity index (χ3n) is 3.78. The Kier molecular flexibility index (Phi) is 5.97. The van der Waals surface area contributed by atoms with Crippen LogP contribution in [0.1, 0.15) is 25.3 Å². The lowest BCUT2D eigenvalue weighted by atomic mass is 10.1. The largest absolute Gasteiger partial charge is 0.501 e. The number of primary sulfonamides is 1. The Bertz CT molecular complexity index is 655. The van der Waals surface area contributed by atoms with Crippen LogP contribution in [0.25, 0.3) is 6.08 Å². The van der Waals surface area contributed by atoms with Gasteiger partial charge >= 0.3 is 0 Å². The third-order valence-corrected chi connectivity index (χ3v) is 4.66. The van der Waals surface area contributed by atoms with Gasteiger partial charge in [0.1, 0.15) is 10.7 Å². The van der Waals surface area contributed by atoms with Gasteiger partial charge in [0.05, 0.1) is 12.9 Å². The number of aromatic nitrogens is 1. The lowest BCUT2D eigenvalue weighted by Crippen LogP contribution is -2.37. The number of sulfonamides is 1. The Morgan fingerprint density at radius 2 is 2.17 bits per heavy atom. The number of hydrogen-bond donors (Lipinski definition) is 1. The SMILES string of the molecule is CCO/C=C/c1cc(S(N)(=O)=O)cnc1N(C)C1CCOCC1. The van der Waals surface area contributed by atoms with Gasteiger partial charge in [-0.2, -0.15) is 0 Å². The third kappa shape index (κ3) is 4.66. The van der Waals surface area contributed by atoms with Crippen LogP contribution in [0.5, 0.6) is 0 Å². The number of anilines is 1. The summed E-state index contributed by atoms with van der Waals surface area (Å²) in [6.45, 7) is 3.84. The van der Waals surface area contributed by atoms with E-state index in [9.17, 15) is 8.42 Å². The molecular formula is C15H23N3O4S. The predicted molar refractivity (Wildman–Crippen MR) is 88.5 cm³/mol. The summed E-state index contributed by atoms with van der Waals surface area (Å²) in [4.78, 5) is 6.36. The summed E-state index contributed by atoms with van der Waals surface area (Å²) in [5.74, 6) is 0.695. The minimum atomic E-state index is -3.80. The monoisotopic (exact) mass is 341 g/mol. The van der Waals surface area contributed by atoms with Crippen LogP contribution in [0.3, 0.4) is 0 Å². The summed E-state index contributed by atoms with van der Waals surface area (Å²) in [7, 11) is -1.85. The molecular weight excluding hydrogens is 318 g/mol. The van der Waals surface area contributed by atoms with Crippen molar-refractivity contribution in [3.63, 3.8) is 0 Å². The normalized spacial score (nSPS) is 16.7. The lowest BCUT2D eigenvalue weighted by Gasteiger charge is -2.33. The summed E-state index contributed by atoms with van der Waals surface area (Å²) in [6, 6.07) is 1.82. The average Bonchev–Trinajstić information content (AvgIpc) is 2.54. The molecule has 0 saturated carbocycles. The zero-order chi connectivity index (χ0) is 16.9. The molecule has 0 bridgehead atoms. The molecule has 2 heterocycles. The summed E-state index contributed by atoms with van der Waals surface area (Å²) in [5, 5.41) is 5.20. The first-order valence-corrected chi connectivity index (χ1v) is 9.09. The van der Waals surface area contributed by atoms with Gasteiger partial charge in [0.25, 0.3) is 0 Å². The highest BCUT2D eigenvalue weighted by molar-refractivity contribution is 7.89. The zero-order valence-corrected chi connectivity index (χ0v) is 14.3. The molecule has 1 aliphatic rings. The predicted octanol–water partition coefficient (Wildman–Crippen LogP) is 1.35. The maximum atomic E-state index is 11.6. The van der Waals surface area contributed by atoms with E-state index in [-0.39, 0.29) is 4.90 Å². The van der Waals surface area contributed by atoms with Crippen LogP contribution in [0.4, 0.5) is 5.82 Å². The molecule has 0 atom stereocenters. The molecule has 1 aromatic heterocycles. The molecule has 1 aromatic rings. The van der Waals surface area contributed by atoms with Gasteiger partial charge in [-0.1, -0.05) is 0 Å². The van der Waals surface area contributed by atoms with Gasteiger partial charge in [0, 0.05) is 38.1 Å². The molecule has 128 valence electrons. The van der Waals surface area contributed by atoms with Crippen LogP contribution in [-0.4, -0.2) is 46.3 Å². The van der Waals surface area contributed by atoms with E-state index in [0.29, 0.717) is 37.2 Å². The molecule has 1 saturated heterocycles. The summed E-state index contributed by atoms with van der Waals surface area (Å²) < 4.78 is 33.7. The van der Waals surface area contributed by atoms with E-state index in [1.165, 1.54) is 18.5 Å². The molecule has 0 amide bonds. The van der Waals surface area contributed by atoms with E-state index in [1.54, 1.807) is 6.08 Å². The van der Waals surface area contributed by atoms with E-state index in [1.807, 2.05) is 14.0 Å². The number of rotatable bonds is 6. The first kappa shape index (κ1) is 17.7. The zero-order valence-electron chi connectivity index (χ0n) is 13.4. The summed E-state index contributed by atoms with van der Waals surface area (Å²) in [5.41, 5.74) is 0.652. The molecule has 8 heteroatoms. The highest BCUT2D eigenvalue weighted by atomic mass is 32.2. The minimum Gasteiger partial charge on any atom is -0.501 e. The van der Waals surface area contributed by atoms with E-state index in [0.717, 1.165) is 12.8 Å². The summed E-state index contributed by atoms with van der Waals surface area (Å²) >= 11 is 0. The Labute approximate surface area is 137 Å². The smallest absolute Gasteiger partial charge is 0.239 e. The van der Waals surface area contributed by atoms with E-state index < -0.39 is 10.0 Å². The summed E-state index contributed by atoms with van der Waals surface area (Å²) in [6.07, 6.45) is 6.34. The van der Waals surface area contributed by atoms with Gasteiger partial charge in [-0.25, -0.2) is 18.5 Å². The highest BCUT2D eigenvalue weighted by Crippen LogP contribution is 2.25. The van der Waals surface area contributed by atoms with Crippen molar-refractivity contribution in [2.24, 2.45) is 5.14 Å². The van der Waals surface area contributed by atoms with Gasteiger partial charge in [-0.3, -0.25) is 0 Å². The van der Waals surface area contributed by atoms with Crippen molar-refractivity contribution in [2.45, 2.75) is 30.7 Å². The fourth-order valence-corrected chi connectivity index (χ4v) is 2.98. The van der Waals surface area contributed by atoms with E-state index in [2.05, 4.69) is 9.88 Å². The van der Waals surface area contributed by atoms with Crippen LogP contribution in [0.2, 0.25) is 0 Å². The average molecular weight is 341 g/mol. The highest BCUT2D eigenvalue weighted by Gasteiger charge is 2.22. The van der Waals surface area contributed by atoms with Gasteiger partial charge in [-0.15, -0.1) is 0 Å². The van der Waals surface area contributed by atoms with Crippen molar-refractivity contribution >= 4 is 21.9 Å². The number of nitrogens with two attached hydrogens (primary N) is 1. The quantitative estimate of drug-likeness (QED) is 0.785. The second kappa shape index (κ2) is 7.76. The van der Waals surface area contributed by atoms with E-state index in [4.69, 9.17) is 14.6 Å². The van der Waals surface area contributed by atoms with Crippen LogP contribution < -0.4 is 10.0 Å². The fraction of sp³-hybridized carbons (Fsp3) is 0.533. The number of nitrogens with zero attached hydrogens (tertiary/aromatic N) is 2. The van der Waals surface area contributed by atoms with Crippen molar-refractivity contribution in [3.8, 4) is 0 Å². The minimum absolute atomic E-state index is 0.0159. The maximum Gasteiger partial charge on any atom is 0.239 e. The molecule has 0 radical (unpaired) electrons. The van der Waals surface area contributed by atoms with Gasteiger partial charge in [-0.05, 0) is 31.9 Å². The second-order valence-electron chi connectivity index (χ2n) is 5.34. The fourth-order valence-electron chi connectivity index (χ4n) is 2.49. The Morgan fingerprint density at radius 1 is 1.48 bits per heavy atom. The Hall–Kier alpha value is -1.64. The molecule has 23 heavy (non-hydrogen) atoms. The molecule has 2 N–H and O–H groups in total. The first-order chi connectivity index (χ1) is 10.9. The molecule has 1 fully saturated rings. The Morgan fingerprint density at radius 3 is 2.78 bits per heavy atom. The second-order valence-corrected chi connectivity index (χ2v) is 6.90.